The lowest BCUT2D eigenvalue weighted by atomic mass is 9.94. The van der Waals surface area contributed by atoms with Crippen LogP contribution in [-0.4, -0.2) is 52.0 Å². The summed E-state index contributed by atoms with van der Waals surface area (Å²) in [5.41, 5.74) is 3.58. The van der Waals surface area contributed by atoms with Gasteiger partial charge >= 0.3 is 17.7 Å². The number of likely N-dealkylation sites (tertiary alicyclic amines) is 1. The molecule has 3 amide bonds. The molecule has 3 aromatic carbocycles. The van der Waals surface area contributed by atoms with Crippen molar-refractivity contribution in [3.05, 3.63) is 92.5 Å². The van der Waals surface area contributed by atoms with Gasteiger partial charge in [-0.3, -0.25) is 14.9 Å². The highest BCUT2D eigenvalue weighted by molar-refractivity contribution is 6.00. The Balaban J connectivity index is 0.00000282. The predicted octanol–water partition coefficient (Wildman–Crippen LogP) is 7.71. The molecule has 4 rings (SSSR count). The Labute approximate surface area is 270 Å². The highest BCUT2D eigenvalue weighted by atomic mass is 16.6. The molecule has 1 aliphatic rings. The molecule has 3 N–H and O–H groups in total. The number of para-hydroxylation sites is 1. The van der Waals surface area contributed by atoms with Crippen molar-refractivity contribution in [2.75, 3.05) is 23.8 Å². The molecule has 0 saturated carbocycles. The molecule has 0 aliphatic carbocycles. The molecule has 246 valence electrons. The largest absolute Gasteiger partial charge is 0.485 e. The van der Waals surface area contributed by atoms with E-state index in [0.717, 1.165) is 35.2 Å². The number of nitrogens with zero attached hydrogens (tertiary/aromatic N) is 2. The number of nitro groups is 1. The maximum Gasteiger partial charge on any atom is 0.336 e. The number of nitrogens with one attached hydrogen (secondary N) is 2. The number of amides is 3. The number of nitro benzene ring substituents is 1. The summed E-state index contributed by atoms with van der Waals surface area (Å²) < 4.78 is 5.82. The molecule has 1 fully saturated rings. The lowest BCUT2D eigenvalue weighted by molar-refractivity contribution is -0.386. The monoisotopic (exact) mass is 632 g/mol. The lowest BCUT2D eigenvalue weighted by Crippen LogP contribution is -2.40. The zero-order valence-electron chi connectivity index (χ0n) is 27.4. The molecule has 1 saturated heterocycles. The number of carbonyl (C=O) groups excluding carboxylic acids is 2. The van der Waals surface area contributed by atoms with Crippen molar-refractivity contribution in [2.24, 2.45) is 0 Å². The summed E-state index contributed by atoms with van der Waals surface area (Å²) in [5.74, 6) is -1.23. The minimum absolute atomic E-state index is 0.0158. The van der Waals surface area contributed by atoms with Crippen molar-refractivity contribution >= 4 is 35.0 Å². The second-order valence-corrected chi connectivity index (χ2v) is 11.1. The van der Waals surface area contributed by atoms with Crippen molar-refractivity contribution in [3.63, 3.8) is 0 Å². The van der Waals surface area contributed by atoms with Crippen molar-refractivity contribution in [1.82, 2.24) is 4.90 Å². The number of hydrogen-bond acceptors (Lipinski definition) is 6. The van der Waals surface area contributed by atoms with Crippen LogP contribution in [-0.2, 0) is 11.2 Å². The second kappa shape index (κ2) is 16.4. The SMILES string of the molecule is CC.CCC(C)c1cc(CC(=O)N2CCCC2COc2ccc(C(=O)O)c(C)c2[N+](=O)[O-])ccc1NC(=O)Nc1ccccc1C. The average molecular weight is 633 g/mol. The third-order valence-electron chi connectivity index (χ3n) is 8.19. The summed E-state index contributed by atoms with van der Waals surface area (Å²) in [7, 11) is 0. The first-order valence-corrected chi connectivity index (χ1v) is 15.7. The molecule has 11 nitrogen and oxygen atoms in total. The summed E-state index contributed by atoms with van der Waals surface area (Å²) in [5, 5.41) is 26.9. The van der Waals surface area contributed by atoms with Crippen LogP contribution < -0.4 is 15.4 Å². The Bertz CT molecular complexity index is 1570. The maximum atomic E-state index is 13.5. The Morgan fingerprint density at radius 1 is 1.07 bits per heavy atom. The van der Waals surface area contributed by atoms with Crippen LogP contribution in [0.1, 0.15) is 85.5 Å². The van der Waals surface area contributed by atoms with Crippen LogP contribution in [0.3, 0.4) is 0 Å². The number of aromatic carboxylic acids is 1. The van der Waals surface area contributed by atoms with Crippen LogP contribution in [0.2, 0.25) is 0 Å². The van der Waals surface area contributed by atoms with E-state index in [1.165, 1.54) is 19.1 Å². The first kappa shape index (κ1) is 35.5. The Kier molecular flexibility index (Phi) is 12.7. The molecule has 1 heterocycles. The summed E-state index contributed by atoms with van der Waals surface area (Å²) in [6, 6.07) is 15.1. The van der Waals surface area contributed by atoms with E-state index in [9.17, 15) is 29.6 Å². The van der Waals surface area contributed by atoms with Gasteiger partial charge in [0.2, 0.25) is 5.91 Å². The van der Waals surface area contributed by atoms with E-state index < -0.39 is 10.9 Å². The van der Waals surface area contributed by atoms with Crippen molar-refractivity contribution in [1.29, 1.82) is 0 Å². The first-order chi connectivity index (χ1) is 22.0. The summed E-state index contributed by atoms with van der Waals surface area (Å²) in [6.45, 7) is 12.0. The smallest absolute Gasteiger partial charge is 0.336 e. The van der Waals surface area contributed by atoms with Gasteiger partial charge in [-0.05, 0) is 80.0 Å². The summed E-state index contributed by atoms with van der Waals surface area (Å²) in [6.07, 6.45) is 2.46. The van der Waals surface area contributed by atoms with E-state index in [2.05, 4.69) is 24.5 Å². The van der Waals surface area contributed by atoms with Gasteiger partial charge < -0.3 is 25.4 Å². The maximum absolute atomic E-state index is 13.5. The van der Waals surface area contributed by atoms with Crippen molar-refractivity contribution < 1.29 is 29.2 Å². The average Bonchev–Trinajstić information content (AvgIpc) is 3.51. The van der Waals surface area contributed by atoms with Gasteiger partial charge in [-0.2, -0.15) is 0 Å². The number of urea groups is 1. The zero-order chi connectivity index (χ0) is 34.0. The van der Waals surface area contributed by atoms with Crippen LogP contribution in [0, 0.1) is 24.0 Å². The lowest BCUT2D eigenvalue weighted by Gasteiger charge is -2.25. The van der Waals surface area contributed by atoms with Gasteiger partial charge in [0, 0.05) is 23.5 Å². The fraction of sp³-hybridized carbons (Fsp3) is 0.400. The Morgan fingerprint density at radius 3 is 2.41 bits per heavy atom. The molecule has 0 radical (unpaired) electrons. The van der Waals surface area contributed by atoms with Gasteiger partial charge in [0.15, 0.2) is 5.75 Å². The van der Waals surface area contributed by atoms with Crippen LogP contribution in [0.15, 0.2) is 54.6 Å². The third kappa shape index (κ3) is 8.62. The topological polar surface area (TPSA) is 151 Å². The van der Waals surface area contributed by atoms with Crippen molar-refractivity contribution in [2.45, 2.75) is 79.2 Å². The predicted molar refractivity (Wildman–Crippen MR) is 179 cm³/mol. The van der Waals surface area contributed by atoms with Gasteiger partial charge in [0.1, 0.15) is 6.61 Å². The number of carboxylic acid groups (broad SMARTS) is 1. The molecular weight excluding hydrogens is 588 g/mol. The van der Waals surface area contributed by atoms with Gasteiger partial charge in [-0.15, -0.1) is 0 Å². The van der Waals surface area contributed by atoms with Gasteiger partial charge in [0.05, 0.1) is 22.9 Å². The minimum atomic E-state index is -1.25. The first-order valence-electron chi connectivity index (χ1n) is 15.7. The summed E-state index contributed by atoms with van der Waals surface area (Å²) >= 11 is 0. The molecule has 2 unspecified atom stereocenters. The molecule has 2 atom stereocenters. The second-order valence-electron chi connectivity index (χ2n) is 11.1. The molecule has 0 bridgehead atoms. The van der Waals surface area contributed by atoms with E-state index in [-0.39, 0.29) is 59.5 Å². The van der Waals surface area contributed by atoms with E-state index in [0.29, 0.717) is 18.7 Å². The Morgan fingerprint density at radius 2 is 1.76 bits per heavy atom. The number of anilines is 2. The number of carboxylic acids is 1. The van der Waals surface area contributed by atoms with Gasteiger partial charge in [-0.25, -0.2) is 9.59 Å². The minimum Gasteiger partial charge on any atom is -0.485 e. The number of ether oxygens (including phenoxy) is 1. The van der Waals surface area contributed by atoms with E-state index >= 15 is 0 Å². The number of aryl methyl sites for hydroxylation is 1. The van der Waals surface area contributed by atoms with E-state index in [1.54, 1.807) is 4.90 Å². The normalized spacial score (nSPS) is 14.5. The third-order valence-corrected chi connectivity index (χ3v) is 8.19. The molecule has 1 aliphatic heterocycles. The fourth-order valence-corrected chi connectivity index (χ4v) is 5.50. The quantitative estimate of drug-likeness (QED) is 0.145. The molecular formula is C35H44N4O7. The van der Waals surface area contributed by atoms with Crippen LogP contribution in [0.4, 0.5) is 21.9 Å². The highest BCUT2D eigenvalue weighted by Gasteiger charge is 2.31. The molecule has 46 heavy (non-hydrogen) atoms. The van der Waals surface area contributed by atoms with Crippen LogP contribution in [0.25, 0.3) is 0 Å². The zero-order valence-corrected chi connectivity index (χ0v) is 27.4. The number of benzene rings is 3. The molecule has 0 aromatic heterocycles. The number of hydrogen-bond donors (Lipinski definition) is 3. The fourth-order valence-electron chi connectivity index (χ4n) is 5.50. The number of rotatable bonds is 11. The van der Waals surface area contributed by atoms with E-state index in [1.807, 2.05) is 63.2 Å². The van der Waals surface area contributed by atoms with Gasteiger partial charge in [-0.1, -0.05) is 58.0 Å². The van der Waals surface area contributed by atoms with Crippen LogP contribution in [0.5, 0.6) is 5.75 Å². The standard InChI is InChI=1S/C33H38N4O7.C2H6/c1-5-20(2)26-17-23(12-14-28(26)35-33(41)34-27-11-7-6-9-21(27)3)18-30(38)36-16-8-10-24(36)19-44-29-15-13-25(32(39)40)22(4)31(29)37(42)43;1-2/h6-7,9,11-15,17,20,24H,5,8,10,16,18-19H2,1-4H3,(H,39,40)(H2,34,35,41);1-2H3. The van der Waals surface area contributed by atoms with Gasteiger partial charge in [0.25, 0.3) is 0 Å². The van der Waals surface area contributed by atoms with Crippen molar-refractivity contribution in [3.8, 4) is 5.75 Å². The number of carbonyl (C=O) groups is 3. The molecule has 3 aromatic rings. The van der Waals surface area contributed by atoms with Crippen LogP contribution >= 0.6 is 0 Å². The molecule has 11 heteroatoms. The Hall–Kier alpha value is -4.93. The molecule has 0 spiro atoms. The highest BCUT2D eigenvalue weighted by Crippen LogP contribution is 2.34. The summed E-state index contributed by atoms with van der Waals surface area (Å²) in [4.78, 5) is 50.5. The van der Waals surface area contributed by atoms with E-state index in [4.69, 9.17) is 4.74 Å².